The molecule has 0 saturated carbocycles. The van der Waals surface area contributed by atoms with E-state index in [1.54, 1.807) is 6.07 Å². The minimum atomic E-state index is -0.452. The summed E-state index contributed by atoms with van der Waals surface area (Å²) in [7, 11) is 0. The highest BCUT2D eigenvalue weighted by Crippen LogP contribution is 2.41. The van der Waals surface area contributed by atoms with Crippen molar-refractivity contribution >= 4 is 27.7 Å². The molecule has 144 valence electrons. The van der Waals surface area contributed by atoms with Crippen LogP contribution in [0.1, 0.15) is 30.0 Å². The Hall–Kier alpha value is -2.48. The highest BCUT2D eigenvalue weighted by Gasteiger charge is 2.32. The first kappa shape index (κ1) is 19.3. The second kappa shape index (κ2) is 8.04. The molecule has 0 fully saturated rings. The van der Waals surface area contributed by atoms with Gasteiger partial charge in [0.05, 0.1) is 13.1 Å². The van der Waals surface area contributed by atoms with Crippen molar-refractivity contribution in [2.75, 3.05) is 19.7 Å². The van der Waals surface area contributed by atoms with E-state index in [9.17, 15) is 9.59 Å². The smallest absolute Gasteiger partial charge is 0.287 e. The van der Waals surface area contributed by atoms with Gasteiger partial charge in [-0.05, 0) is 48.0 Å². The number of rotatable bonds is 7. The largest absolute Gasteiger partial charge is 0.488 e. The van der Waals surface area contributed by atoms with Crippen LogP contribution in [0, 0.1) is 0 Å². The van der Waals surface area contributed by atoms with Gasteiger partial charge in [-0.2, -0.15) is 0 Å². The minimum Gasteiger partial charge on any atom is -0.488 e. The molecule has 0 radical (unpaired) electrons. The van der Waals surface area contributed by atoms with E-state index < -0.39 is 5.91 Å². The van der Waals surface area contributed by atoms with Gasteiger partial charge in [-0.15, -0.1) is 0 Å². The van der Waals surface area contributed by atoms with Gasteiger partial charge in [0, 0.05) is 12.0 Å². The number of hydrogen-bond acceptors (Lipinski definition) is 5. The zero-order chi connectivity index (χ0) is 19.4. The minimum absolute atomic E-state index is 0.138. The van der Waals surface area contributed by atoms with Crippen LogP contribution in [0.5, 0.6) is 11.5 Å². The number of ether oxygens (including phenoxy) is 2. The Kier molecular flexibility index (Phi) is 5.74. The Labute approximate surface area is 165 Å². The molecule has 0 aliphatic carbocycles. The molecule has 0 spiro atoms. The maximum atomic E-state index is 11.8. The van der Waals surface area contributed by atoms with E-state index in [0.29, 0.717) is 23.6 Å². The zero-order valence-corrected chi connectivity index (χ0v) is 16.7. The Morgan fingerprint density at radius 2 is 2.04 bits per heavy atom. The van der Waals surface area contributed by atoms with E-state index in [-0.39, 0.29) is 23.8 Å². The molecule has 2 heterocycles. The number of para-hydroxylation sites is 1. The van der Waals surface area contributed by atoms with Crippen LogP contribution in [-0.4, -0.2) is 37.1 Å². The second-order valence-corrected chi connectivity index (χ2v) is 7.55. The number of benzene rings is 1. The van der Waals surface area contributed by atoms with Crippen LogP contribution in [-0.2, 0) is 11.2 Å². The molecule has 0 unspecified atom stereocenters. The molecule has 1 aromatic carbocycles. The van der Waals surface area contributed by atoms with Gasteiger partial charge >= 0.3 is 0 Å². The van der Waals surface area contributed by atoms with E-state index >= 15 is 0 Å². The highest BCUT2D eigenvalue weighted by atomic mass is 79.9. The number of carbonyl (C=O) groups excluding carboxylic acids is 2. The molecule has 1 aromatic heterocycles. The number of nitrogens with one attached hydrogen (secondary N) is 2. The topological polar surface area (TPSA) is 89.8 Å². The van der Waals surface area contributed by atoms with E-state index in [1.165, 1.54) is 6.07 Å². The quantitative estimate of drug-likeness (QED) is 0.651. The van der Waals surface area contributed by atoms with Gasteiger partial charge in [-0.3, -0.25) is 9.59 Å². The van der Waals surface area contributed by atoms with Gasteiger partial charge in [0.25, 0.3) is 5.91 Å². The van der Waals surface area contributed by atoms with Crippen molar-refractivity contribution in [3.8, 4) is 11.5 Å². The Bertz CT molecular complexity index is 846. The molecule has 0 atom stereocenters. The van der Waals surface area contributed by atoms with Crippen molar-refractivity contribution in [3.05, 3.63) is 46.3 Å². The molecule has 2 amide bonds. The van der Waals surface area contributed by atoms with Crippen LogP contribution in [0.4, 0.5) is 0 Å². The van der Waals surface area contributed by atoms with Crippen LogP contribution in [0.3, 0.4) is 0 Å². The molecule has 0 bridgehead atoms. The lowest BCUT2D eigenvalue weighted by atomic mass is 10.0. The summed E-state index contributed by atoms with van der Waals surface area (Å²) in [4.78, 5) is 23.6. The van der Waals surface area contributed by atoms with Crippen molar-refractivity contribution in [2.24, 2.45) is 0 Å². The molecule has 1 aliphatic heterocycles. The Morgan fingerprint density at radius 3 is 2.78 bits per heavy atom. The molecule has 8 heteroatoms. The van der Waals surface area contributed by atoms with Crippen molar-refractivity contribution < 1.29 is 23.5 Å². The summed E-state index contributed by atoms with van der Waals surface area (Å²) in [5.74, 6) is 0.813. The number of hydrogen-bond donors (Lipinski definition) is 2. The van der Waals surface area contributed by atoms with Crippen LogP contribution >= 0.6 is 15.9 Å². The first-order valence-electron chi connectivity index (χ1n) is 8.58. The maximum absolute atomic E-state index is 11.8. The highest BCUT2D eigenvalue weighted by molar-refractivity contribution is 9.10. The molecular formula is C19H21BrN2O5. The average molecular weight is 437 g/mol. The lowest BCUT2D eigenvalue weighted by Gasteiger charge is -2.18. The maximum Gasteiger partial charge on any atom is 0.287 e. The fraction of sp³-hybridized carbons (Fsp3) is 0.368. The molecule has 0 saturated heterocycles. The SMILES string of the molecule is CC1(C)Cc2cccc(OCCNC(=O)CNC(=O)c3ccc(Br)o3)c2O1. The van der Waals surface area contributed by atoms with Crippen LogP contribution in [0.2, 0.25) is 0 Å². The van der Waals surface area contributed by atoms with Crippen LogP contribution in [0.25, 0.3) is 0 Å². The number of fused-ring (bicyclic) bond motifs is 1. The summed E-state index contributed by atoms with van der Waals surface area (Å²) in [5.41, 5.74) is 0.881. The molecular weight excluding hydrogens is 416 g/mol. The van der Waals surface area contributed by atoms with Crippen LogP contribution in [0.15, 0.2) is 39.4 Å². The van der Waals surface area contributed by atoms with Crippen molar-refractivity contribution in [2.45, 2.75) is 25.9 Å². The van der Waals surface area contributed by atoms with Gasteiger partial charge < -0.3 is 24.5 Å². The third-order valence-corrected chi connectivity index (χ3v) is 4.37. The summed E-state index contributed by atoms with van der Waals surface area (Å²) in [6, 6.07) is 8.94. The summed E-state index contributed by atoms with van der Waals surface area (Å²) < 4.78 is 17.3. The number of amides is 2. The average Bonchev–Trinajstić information content (AvgIpc) is 3.18. The van der Waals surface area contributed by atoms with E-state index in [2.05, 4.69) is 26.6 Å². The fourth-order valence-corrected chi connectivity index (χ4v) is 3.11. The monoisotopic (exact) mass is 436 g/mol. The van der Waals surface area contributed by atoms with Gasteiger partial charge in [0.15, 0.2) is 21.9 Å². The summed E-state index contributed by atoms with van der Waals surface area (Å²) in [6.07, 6.45) is 0.836. The van der Waals surface area contributed by atoms with E-state index in [0.717, 1.165) is 17.7 Å². The summed E-state index contributed by atoms with van der Waals surface area (Å²) in [6.45, 7) is 4.54. The standard InChI is InChI=1S/C19H21BrN2O5/c1-19(2)10-12-4-3-5-13(17(12)27-19)25-9-8-21-16(23)11-22-18(24)14-6-7-15(20)26-14/h3-7H,8-11H2,1-2H3,(H,21,23)(H,22,24). The predicted molar refractivity (Wildman–Crippen MR) is 102 cm³/mol. The van der Waals surface area contributed by atoms with Gasteiger partial charge in [0.1, 0.15) is 12.2 Å². The fourth-order valence-electron chi connectivity index (χ4n) is 2.80. The van der Waals surface area contributed by atoms with Crippen molar-refractivity contribution in [3.63, 3.8) is 0 Å². The zero-order valence-electron chi connectivity index (χ0n) is 15.1. The second-order valence-electron chi connectivity index (χ2n) is 6.77. The molecule has 1 aliphatic rings. The first-order valence-corrected chi connectivity index (χ1v) is 9.37. The van der Waals surface area contributed by atoms with Crippen LogP contribution < -0.4 is 20.1 Å². The third-order valence-electron chi connectivity index (χ3n) is 3.94. The number of furan rings is 1. The summed E-state index contributed by atoms with van der Waals surface area (Å²) >= 11 is 3.12. The third kappa shape index (κ3) is 5.03. The van der Waals surface area contributed by atoms with Gasteiger partial charge in [-0.25, -0.2) is 0 Å². The van der Waals surface area contributed by atoms with E-state index in [1.807, 2.05) is 32.0 Å². The molecule has 27 heavy (non-hydrogen) atoms. The molecule has 3 rings (SSSR count). The van der Waals surface area contributed by atoms with Crippen molar-refractivity contribution in [1.29, 1.82) is 0 Å². The van der Waals surface area contributed by atoms with Gasteiger partial charge in [0.2, 0.25) is 5.91 Å². The lowest BCUT2D eigenvalue weighted by Crippen LogP contribution is -2.38. The van der Waals surface area contributed by atoms with Crippen molar-refractivity contribution in [1.82, 2.24) is 10.6 Å². The predicted octanol–water partition coefficient (Wildman–Crippen LogP) is 2.68. The molecule has 7 nitrogen and oxygen atoms in total. The Morgan fingerprint density at radius 1 is 1.22 bits per heavy atom. The molecule has 2 aromatic rings. The van der Waals surface area contributed by atoms with Gasteiger partial charge in [-0.1, -0.05) is 12.1 Å². The normalized spacial score (nSPS) is 14.2. The van der Waals surface area contributed by atoms with E-state index in [4.69, 9.17) is 13.9 Å². The number of halogens is 1. The Balaban J connectivity index is 1.39. The molecule has 2 N–H and O–H groups in total. The summed E-state index contributed by atoms with van der Waals surface area (Å²) in [5, 5.41) is 5.18. The first-order chi connectivity index (χ1) is 12.8. The lowest BCUT2D eigenvalue weighted by molar-refractivity contribution is -0.120. The number of carbonyl (C=O) groups is 2.